The zero-order chi connectivity index (χ0) is 41.4. The molecule has 3 rings (SSSR count). The van der Waals surface area contributed by atoms with E-state index >= 15 is 0 Å². The molecule has 1 saturated heterocycles. The third-order valence-corrected chi connectivity index (χ3v) is 11.8. The fourth-order valence-electron chi connectivity index (χ4n) is 8.55. The number of benzene rings is 2. The number of carbonyl (C=O) groups excluding carboxylic acids is 1. The van der Waals surface area contributed by atoms with Crippen molar-refractivity contribution in [3.8, 4) is 11.5 Å². The average Bonchev–Trinajstić information content (AvgIpc) is 3.80. The summed E-state index contributed by atoms with van der Waals surface area (Å²) in [5, 5.41) is 0. The maximum Gasteiger partial charge on any atom is 0.324 e. The molecular weight excluding hydrogens is 679 g/mol. The number of hydrogen-bond donors (Lipinski definition) is 0. The summed E-state index contributed by atoms with van der Waals surface area (Å²) in [5.41, 5.74) is 6.51. The molecule has 0 amide bonds. The third-order valence-electron chi connectivity index (χ3n) is 11.8. The molecule has 0 radical (unpaired) electrons. The normalized spacial score (nSPS) is 17.8. The number of methoxy groups -OCH3 is 3. The maximum absolute atomic E-state index is 13.7. The SMILES string of the molecule is CCCCCCCCCCCCCCC[C@H]1[C@H](C(=O)OC)N1C(c1cc(C(C)(C)C)c(OC)c(C(C)(C)C)c1)c1cc(C(C)(C)C)c(OC)c(C(C)(C)C)c1. The van der Waals surface area contributed by atoms with Crippen molar-refractivity contribution in [2.24, 2.45) is 0 Å². The van der Waals surface area contributed by atoms with E-state index in [4.69, 9.17) is 14.2 Å². The molecule has 2 aromatic carbocycles. The highest BCUT2D eigenvalue weighted by Gasteiger charge is 2.57. The van der Waals surface area contributed by atoms with Gasteiger partial charge in [-0.15, -0.1) is 0 Å². The van der Waals surface area contributed by atoms with Gasteiger partial charge in [0.05, 0.1) is 27.4 Å². The van der Waals surface area contributed by atoms with Crippen LogP contribution in [0.15, 0.2) is 24.3 Å². The number of hydrogen-bond acceptors (Lipinski definition) is 5. The Morgan fingerprint density at radius 1 is 0.545 bits per heavy atom. The molecule has 1 fully saturated rings. The molecule has 0 N–H and O–H groups in total. The van der Waals surface area contributed by atoms with Crippen LogP contribution in [-0.4, -0.2) is 44.3 Å². The van der Waals surface area contributed by atoms with E-state index in [1.165, 1.54) is 110 Å². The minimum atomic E-state index is -0.288. The lowest BCUT2D eigenvalue weighted by Gasteiger charge is -2.34. The number of rotatable bonds is 20. The van der Waals surface area contributed by atoms with E-state index in [0.717, 1.165) is 24.3 Å². The van der Waals surface area contributed by atoms with Gasteiger partial charge >= 0.3 is 5.97 Å². The van der Waals surface area contributed by atoms with Crippen LogP contribution in [0.2, 0.25) is 0 Å². The van der Waals surface area contributed by atoms with E-state index in [9.17, 15) is 4.79 Å². The number of carbonyl (C=O) groups is 1. The van der Waals surface area contributed by atoms with Crippen LogP contribution in [0, 0.1) is 0 Å². The minimum Gasteiger partial charge on any atom is -0.496 e. The van der Waals surface area contributed by atoms with Crippen molar-refractivity contribution in [3.05, 3.63) is 57.6 Å². The molecule has 1 aliphatic heterocycles. The second-order valence-electron chi connectivity index (χ2n) is 20.7. The fraction of sp³-hybridized carbons (Fsp3) is 0.740. The van der Waals surface area contributed by atoms with Gasteiger partial charge in [0.1, 0.15) is 17.5 Å². The van der Waals surface area contributed by atoms with Gasteiger partial charge in [0.25, 0.3) is 0 Å². The number of nitrogens with zero attached hydrogens (tertiary/aromatic N) is 1. The lowest BCUT2D eigenvalue weighted by atomic mass is 9.75. The highest BCUT2D eigenvalue weighted by Crippen LogP contribution is 2.51. The molecule has 0 aliphatic carbocycles. The zero-order valence-electron chi connectivity index (χ0n) is 38.5. The van der Waals surface area contributed by atoms with Gasteiger partial charge in [0.2, 0.25) is 0 Å². The Bertz CT molecular complexity index is 1360. The van der Waals surface area contributed by atoms with Gasteiger partial charge in [-0.05, 0) is 63.5 Å². The summed E-state index contributed by atoms with van der Waals surface area (Å²) < 4.78 is 18.0. The van der Waals surface area contributed by atoms with Gasteiger partial charge < -0.3 is 14.2 Å². The molecule has 0 aromatic heterocycles. The van der Waals surface area contributed by atoms with Crippen LogP contribution in [0.5, 0.6) is 11.5 Å². The van der Waals surface area contributed by atoms with E-state index in [-0.39, 0.29) is 45.8 Å². The predicted octanol–water partition coefficient (Wildman–Crippen LogP) is 13.7. The Hall–Kier alpha value is -2.53. The quantitative estimate of drug-likeness (QED) is 0.0764. The molecule has 5 nitrogen and oxygen atoms in total. The van der Waals surface area contributed by atoms with E-state index in [1.54, 1.807) is 21.3 Å². The summed E-state index contributed by atoms with van der Waals surface area (Å²) >= 11 is 0. The Kier molecular flexibility index (Phi) is 16.8. The van der Waals surface area contributed by atoms with Gasteiger partial charge in [-0.3, -0.25) is 9.69 Å². The lowest BCUT2D eigenvalue weighted by molar-refractivity contribution is -0.141. The third kappa shape index (κ3) is 12.5. The van der Waals surface area contributed by atoms with Crippen molar-refractivity contribution in [1.82, 2.24) is 4.90 Å². The van der Waals surface area contributed by atoms with Gasteiger partial charge in [0.15, 0.2) is 0 Å². The predicted molar refractivity (Wildman–Crippen MR) is 234 cm³/mol. The summed E-state index contributed by atoms with van der Waals surface area (Å²) in [6, 6.07) is 9.14. The van der Waals surface area contributed by atoms with E-state index in [1.807, 2.05) is 0 Å². The molecule has 5 heteroatoms. The first-order valence-corrected chi connectivity index (χ1v) is 21.9. The lowest BCUT2D eigenvalue weighted by Crippen LogP contribution is -2.25. The summed E-state index contributed by atoms with van der Waals surface area (Å²) in [7, 11) is 5.14. The summed E-state index contributed by atoms with van der Waals surface area (Å²) in [5.74, 6) is 1.79. The van der Waals surface area contributed by atoms with Crippen molar-refractivity contribution in [2.45, 2.75) is 220 Å². The van der Waals surface area contributed by atoms with Crippen LogP contribution in [0.25, 0.3) is 0 Å². The molecule has 0 saturated carbocycles. The zero-order valence-corrected chi connectivity index (χ0v) is 38.5. The highest BCUT2D eigenvalue weighted by atomic mass is 16.5. The van der Waals surface area contributed by atoms with Gasteiger partial charge in [0, 0.05) is 28.3 Å². The van der Waals surface area contributed by atoms with Crippen molar-refractivity contribution in [1.29, 1.82) is 0 Å². The first-order chi connectivity index (χ1) is 25.6. The van der Waals surface area contributed by atoms with Gasteiger partial charge in [-0.2, -0.15) is 0 Å². The van der Waals surface area contributed by atoms with Crippen LogP contribution in [0.4, 0.5) is 0 Å². The molecule has 1 aliphatic rings. The largest absolute Gasteiger partial charge is 0.496 e. The standard InChI is InChI=1S/C50H83NO4/c1-17-18-19-20-21-22-23-24-25-26-27-28-29-30-41-43(46(52)55-16)51(41)42(35-31-37(47(2,3)4)44(53-14)38(32-35)48(5,6)7)36-33-39(49(8,9)10)45(54-15)40(34-36)50(11,12)13/h31-34,41-43H,17-30H2,1-16H3/t41-,43+,51?/m0/s1. The summed E-state index contributed by atoms with van der Waals surface area (Å²) in [6.45, 7) is 29.5. The van der Waals surface area contributed by atoms with E-state index < -0.39 is 0 Å². The average molecular weight is 762 g/mol. The first kappa shape index (κ1) is 46.8. The molecule has 2 aromatic rings. The summed E-state index contributed by atoms with van der Waals surface area (Å²) in [4.78, 5) is 16.2. The Labute approximate surface area is 339 Å². The molecule has 55 heavy (non-hydrogen) atoms. The number of ether oxygens (including phenoxy) is 3. The summed E-state index contributed by atoms with van der Waals surface area (Å²) in [6.07, 6.45) is 18.3. The van der Waals surface area contributed by atoms with Crippen molar-refractivity contribution in [2.75, 3.05) is 21.3 Å². The van der Waals surface area contributed by atoms with Gasteiger partial charge in [-0.1, -0.05) is 173 Å². The Morgan fingerprint density at radius 2 is 0.855 bits per heavy atom. The maximum atomic E-state index is 13.7. The Morgan fingerprint density at radius 3 is 1.13 bits per heavy atom. The van der Waals surface area contributed by atoms with E-state index in [0.29, 0.717) is 0 Å². The molecular formula is C50H83NO4. The van der Waals surface area contributed by atoms with Crippen molar-refractivity contribution in [3.63, 3.8) is 0 Å². The van der Waals surface area contributed by atoms with Crippen LogP contribution >= 0.6 is 0 Å². The van der Waals surface area contributed by atoms with Crippen LogP contribution in [0.3, 0.4) is 0 Å². The van der Waals surface area contributed by atoms with Crippen LogP contribution in [0.1, 0.15) is 219 Å². The highest BCUT2D eigenvalue weighted by molar-refractivity contribution is 5.80. The molecule has 1 unspecified atom stereocenters. The Balaban J connectivity index is 2.07. The fourth-order valence-corrected chi connectivity index (χ4v) is 8.55. The molecule has 0 spiro atoms. The van der Waals surface area contributed by atoms with Crippen molar-refractivity contribution >= 4 is 5.97 Å². The number of unbranched alkanes of at least 4 members (excludes halogenated alkanes) is 12. The minimum absolute atomic E-state index is 0.113. The van der Waals surface area contributed by atoms with E-state index in [2.05, 4.69) is 119 Å². The topological polar surface area (TPSA) is 47.8 Å². The number of esters is 1. The monoisotopic (exact) mass is 762 g/mol. The molecule has 1 heterocycles. The van der Waals surface area contributed by atoms with Crippen LogP contribution in [-0.2, 0) is 31.2 Å². The molecule has 0 bridgehead atoms. The molecule has 312 valence electrons. The second-order valence-corrected chi connectivity index (χ2v) is 20.7. The first-order valence-electron chi connectivity index (χ1n) is 21.9. The smallest absolute Gasteiger partial charge is 0.324 e. The molecule has 3 atom stereocenters. The van der Waals surface area contributed by atoms with Gasteiger partial charge in [-0.25, -0.2) is 0 Å². The van der Waals surface area contributed by atoms with Crippen LogP contribution < -0.4 is 9.47 Å². The van der Waals surface area contributed by atoms with Crippen molar-refractivity contribution < 1.29 is 19.0 Å². The second kappa shape index (κ2) is 19.8.